The third kappa shape index (κ3) is 3.29. The smallest absolute Gasteiger partial charge is 0.243 e. The van der Waals surface area contributed by atoms with E-state index in [-0.39, 0.29) is 11.4 Å². The molecule has 0 aliphatic heterocycles. The summed E-state index contributed by atoms with van der Waals surface area (Å²) in [4.78, 5) is 0.105. The first-order valence-electron chi connectivity index (χ1n) is 4.62. The van der Waals surface area contributed by atoms with Crippen LogP contribution in [0.15, 0.2) is 17.3 Å². The van der Waals surface area contributed by atoms with Crippen molar-refractivity contribution >= 4 is 10.0 Å². The third-order valence-corrected chi connectivity index (χ3v) is 3.35. The second kappa shape index (κ2) is 4.73. The molecule has 86 valence electrons. The monoisotopic (exact) mass is 233 g/mol. The minimum absolute atomic E-state index is 0.0216. The number of aromatic nitrogens is 2. The number of sulfonamides is 1. The van der Waals surface area contributed by atoms with Gasteiger partial charge in [0, 0.05) is 19.8 Å². The summed E-state index contributed by atoms with van der Waals surface area (Å²) in [5.74, 6) is 0. The van der Waals surface area contributed by atoms with Crippen LogP contribution in [-0.2, 0) is 17.1 Å². The number of aliphatic hydroxyl groups excluding tert-OH is 1. The lowest BCUT2D eigenvalue weighted by Gasteiger charge is -2.08. The fraction of sp³-hybridized carbons (Fsp3) is 0.625. The van der Waals surface area contributed by atoms with Gasteiger partial charge in [-0.05, 0) is 6.42 Å². The molecule has 2 N–H and O–H groups in total. The second-order valence-electron chi connectivity index (χ2n) is 3.26. The number of hydrogen-bond donors (Lipinski definition) is 2. The van der Waals surface area contributed by atoms with Crippen LogP contribution in [0.1, 0.15) is 13.3 Å². The van der Waals surface area contributed by atoms with E-state index in [0.717, 1.165) is 0 Å². The fourth-order valence-corrected chi connectivity index (χ4v) is 2.03. The molecule has 0 aromatic carbocycles. The molecule has 0 radical (unpaired) electrons. The Morgan fingerprint density at radius 2 is 2.33 bits per heavy atom. The van der Waals surface area contributed by atoms with Crippen molar-refractivity contribution in [1.82, 2.24) is 14.5 Å². The highest BCUT2D eigenvalue weighted by molar-refractivity contribution is 7.89. The summed E-state index contributed by atoms with van der Waals surface area (Å²) in [5.41, 5.74) is 0. The van der Waals surface area contributed by atoms with E-state index in [4.69, 9.17) is 0 Å². The van der Waals surface area contributed by atoms with Crippen LogP contribution in [0.4, 0.5) is 0 Å². The van der Waals surface area contributed by atoms with Gasteiger partial charge in [0.15, 0.2) is 0 Å². The van der Waals surface area contributed by atoms with Crippen LogP contribution in [0.25, 0.3) is 0 Å². The molecular formula is C8H15N3O3S. The highest BCUT2D eigenvalue weighted by Gasteiger charge is 2.16. The van der Waals surface area contributed by atoms with Crippen LogP contribution in [0.3, 0.4) is 0 Å². The SMILES string of the molecule is CCC(O)CNS(=O)(=O)c1cnn(C)c1. The Labute approximate surface area is 89.0 Å². The predicted molar refractivity (Wildman–Crippen MR) is 54.7 cm³/mol. The molecule has 1 aromatic rings. The molecule has 1 atom stereocenters. The predicted octanol–water partition coefficient (Wildman–Crippen LogP) is -0.531. The molecule has 15 heavy (non-hydrogen) atoms. The van der Waals surface area contributed by atoms with Crippen LogP contribution in [-0.4, -0.2) is 36.0 Å². The number of aryl methyl sites for hydroxylation is 1. The molecule has 6 nitrogen and oxygen atoms in total. The summed E-state index contributed by atoms with van der Waals surface area (Å²) < 4.78 is 26.9. The van der Waals surface area contributed by atoms with Crippen LogP contribution < -0.4 is 4.72 Å². The Hall–Kier alpha value is -0.920. The highest BCUT2D eigenvalue weighted by Crippen LogP contribution is 2.05. The summed E-state index contributed by atoms with van der Waals surface area (Å²) in [6.07, 6.45) is 2.52. The van der Waals surface area contributed by atoms with Crippen molar-refractivity contribution in [3.8, 4) is 0 Å². The van der Waals surface area contributed by atoms with E-state index in [2.05, 4.69) is 9.82 Å². The zero-order chi connectivity index (χ0) is 11.5. The first kappa shape index (κ1) is 12.2. The van der Waals surface area contributed by atoms with Crippen LogP contribution in [0, 0.1) is 0 Å². The Balaban J connectivity index is 2.68. The molecule has 0 fully saturated rings. The van der Waals surface area contributed by atoms with Gasteiger partial charge in [0.2, 0.25) is 10.0 Å². The average molecular weight is 233 g/mol. The molecule has 0 bridgehead atoms. The average Bonchev–Trinajstić information content (AvgIpc) is 2.62. The van der Waals surface area contributed by atoms with Crippen molar-refractivity contribution in [2.75, 3.05) is 6.54 Å². The van der Waals surface area contributed by atoms with Gasteiger partial charge in [0.25, 0.3) is 0 Å². The van der Waals surface area contributed by atoms with Crippen LogP contribution in [0.5, 0.6) is 0 Å². The summed E-state index contributed by atoms with van der Waals surface area (Å²) in [5, 5.41) is 13.0. The number of aliphatic hydroxyl groups is 1. The molecule has 1 unspecified atom stereocenters. The third-order valence-electron chi connectivity index (χ3n) is 1.97. The first-order valence-corrected chi connectivity index (χ1v) is 6.10. The van der Waals surface area contributed by atoms with Crippen molar-refractivity contribution in [3.63, 3.8) is 0 Å². The van der Waals surface area contributed by atoms with Gasteiger partial charge in [-0.1, -0.05) is 6.92 Å². The van der Waals surface area contributed by atoms with E-state index in [1.54, 1.807) is 14.0 Å². The normalized spacial score (nSPS) is 14.1. The largest absolute Gasteiger partial charge is 0.392 e. The Morgan fingerprint density at radius 1 is 1.67 bits per heavy atom. The van der Waals surface area contributed by atoms with E-state index in [9.17, 15) is 13.5 Å². The zero-order valence-electron chi connectivity index (χ0n) is 8.71. The van der Waals surface area contributed by atoms with Gasteiger partial charge in [0.05, 0.1) is 12.3 Å². The lowest BCUT2D eigenvalue weighted by Crippen LogP contribution is -2.31. The van der Waals surface area contributed by atoms with Crippen molar-refractivity contribution in [2.45, 2.75) is 24.3 Å². The van der Waals surface area contributed by atoms with Crippen molar-refractivity contribution in [2.24, 2.45) is 7.05 Å². The first-order chi connectivity index (χ1) is 6.95. The molecule has 0 saturated heterocycles. The molecule has 0 saturated carbocycles. The number of nitrogens with zero attached hydrogens (tertiary/aromatic N) is 2. The van der Waals surface area contributed by atoms with Gasteiger partial charge in [-0.15, -0.1) is 0 Å². The summed E-state index contributed by atoms with van der Waals surface area (Å²) in [6.45, 7) is 1.80. The minimum Gasteiger partial charge on any atom is -0.392 e. The lowest BCUT2D eigenvalue weighted by molar-refractivity contribution is 0.174. The molecule has 0 aliphatic carbocycles. The summed E-state index contributed by atoms with van der Waals surface area (Å²) in [7, 11) is -1.90. The maximum Gasteiger partial charge on any atom is 0.243 e. The zero-order valence-corrected chi connectivity index (χ0v) is 9.53. The maximum atomic E-state index is 11.6. The molecule has 1 rings (SSSR count). The maximum absolute atomic E-state index is 11.6. The molecule has 0 spiro atoms. The fourth-order valence-electron chi connectivity index (χ4n) is 0.971. The van der Waals surface area contributed by atoms with E-state index in [1.165, 1.54) is 17.1 Å². The Kier molecular flexibility index (Phi) is 3.83. The van der Waals surface area contributed by atoms with Gasteiger partial charge in [-0.3, -0.25) is 4.68 Å². The van der Waals surface area contributed by atoms with E-state index in [1.807, 2.05) is 0 Å². The van der Waals surface area contributed by atoms with E-state index >= 15 is 0 Å². The Bertz CT molecular complexity index is 413. The van der Waals surface area contributed by atoms with Gasteiger partial charge in [-0.2, -0.15) is 5.10 Å². The van der Waals surface area contributed by atoms with Gasteiger partial charge >= 0.3 is 0 Å². The van der Waals surface area contributed by atoms with E-state index in [0.29, 0.717) is 6.42 Å². The van der Waals surface area contributed by atoms with Crippen molar-refractivity contribution in [3.05, 3.63) is 12.4 Å². The quantitative estimate of drug-likeness (QED) is 0.716. The molecule has 0 aliphatic rings. The molecule has 7 heteroatoms. The summed E-state index contributed by atoms with van der Waals surface area (Å²) >= 11 is 0. The lowest BCUT2D eigenvalue weighted by atomic mass is 10.3. The van der Waals surface area contributed by atoms with Gasteiger partial charge in [0.1, 0.15) is 4.90 Å². The van der Waals surface area contributed by atoms with Crippen molar-refractivity contribution in [1.29, 1.82) is 0 Å². The number of rotatable bonds is 5. The van der Waals surface area contributed by atoms with Gasteiger partial charge in [-0.25, -0.2) is 13.1 Å². The second-order valence-corrected chi connectivity index (χ2v) is 5.03. The van der Waals surface area contributed by atoms with Gasteiger partial charge < -0.3 is 5.11 Å². The van der Waals surface area contributed by atoms with Crippen LogP contribution >= 0.6 is 0 Å². The van der Waals surface area contributed by atoms with E-state index < -0.39 is 16.1 Å². The Morgan fingerprint density at radius 3 is 2.80 bits per heavy atom. The molecule has 0 amide bonds. The molecule has 1 heterocycles. The topological polar surface area (TPSA) is 84.2 Å². The van der Waals surface area contributed by atoms with Crippen molar-refractivity contribution < 1.29 is 13.5 Å². The number of nitrogens with one attached hydrogen (secondary N) is 1. The molecule has 1 aromatic heterocycles. The standard InChI is InChI=1S/C8H15N3O3S/c1-3-7(12)4-10-15(13,14)8-5-9-11(2)6-8/h5-7,10,12H,3-4H2,1-2H3. The highest BCUT2D eigenvalue weighted by atomic mass is 32.2. The minimum atomic E-state index is -3.54. The van der Waals surface area contributed by atoms with Crippen LogP contribution in [0.2, 0.25) is 0 Å². The summed E-state index contributed by atoms with van der Waals surface area (Å²) in [6, 6.07) is 0. The number of hydrogen-bond acceptors (Lipinski definition) is 4. The molecular weight excluding hydrogens is 218 g/mol.